The van der Waals surface area contributed by atoms with Gasteiger partial charge in [0, 0.05) is 13.2 Å². The number of unbranched alkanes of at least 4 members (excludes halogenated alkanes) is 4. The molecule has 0 radical (unpaired) electrons. The number of hydrogen-bond donors (Lipinski definition) is 0. The van der Waals surface area contributed by atoms with Crippen LogP contribution in [0.5, 0.6) is 0 Å². The highest BCUT2D eigenvalue weighted by molar-refractivity contribution is 5.91. The SMILES string of the molecule is C(=C(c1ccccc1)c1ccccc1)c1ccccc1.CCCCCOCCCCC. The maximum atomic E-state index is 5.44. The highest BCUT2D eigenvalue weighted by atomic mass is 16.5. The van der Waals surface area contributed by atoms with E-state index in [0.29, 0.717) is 0 Å². The van der Waals surface area contributed by atoms with E-state index in [1.165, 1.54) is 60.8 Å². The van der Waals surface area contributed by atoms with Crippen LogP contribution < -0.4 is 0 Å². The van der Waals surface area contributed by atoms with Gasteiger partial charge in [0.05, 0.1) is 0 Å². The van der Waals surface area contributed by atoms with Crippen molar-refractivity contribution in [3.63, 3.8) is 0 Å². The average molecular weight is 415 g/mol. The van der Waals surface area contributed by atoms with Crippen LogP contribution in [0, 0.1) is 0 Å². The van der Waals surface area contributed by atoms with Crippen LogP contribution in [0.2, 0.25) is 0 Å². The maximum Gasteiger partial charge on any atom is 0.0466 e. The van der Waals surface area contributed by atoms with Crippen molar-refractivity contribution >= 4 is 11.6 Å². The molecule has 0 aliphatic heterocycles. The first kappa shape index (κ1) is 24.6. The molecule has 0 aliphatic carbocycles. The van der Waals surface area contributed by atoms with Crippen LogP contribution in [0.4, 0.5) is 0 Å². The minimum Gasteiger partial charge on any atom is -0.381 e. The van der Waals surface area contributed by atoms with E-state index >= 15 is 0 Å². The molecule has 3 rings (SSSR count). The molecule has 0 saturated carbocycles. The normalized spacial score (nSPS) is 10.1. The summed E-state index contributed by atoms with van der Waals surface area (Å²) in [4.78, 5) is 0. The van der Waals surface area contributed by atoms with Crippen molar-refractivity contribution in [1.82, 2.24) is 0 Å². The second-order valence-corrected chi connectivity index (χ2v) is 7.73. The van der Waals surface area contributed by atoms with E-state index in [0.717, 1.165) is 13.2 Å². The van der Waals surface area contributed by atoms with Crippen molar-refractivity contribution in [3.05, 3.63) is 108 Å². The second-order valence-electron chi connectivity index (χ2n) is 7.73. The minimum absolute atomic E-state index is 0.970. The van der Waals surface area contributed by atoms with Crippen LogP contribution >= 0.6 is 0 Å². The lowest BCUT2D eigenvalue weighted by molar-refractivity contribution is 0.126. The first-order chi connectivity index (χ1) is 15.3. The summed E-state index contributed by atoms with van der Waals surface area (Å²) in [5.41, 5.74) is 4.94. The van der Waals surface area contributed by atoms with Crippen LogP contribution in [-0.4, -0.2) is 13.2 Å². The molecule has 1 heteroatoms. The van der Waals surface area contributed by atoms with E-state index in [9.17, 15) is 0 Å². The molecule has 164 valence electrons. The smallest absolute Gasteiger partial charge is 0.0466 e. The molecule has 3 aromatic carbocycles. The van der Waals surface area contributed by atoms with Gasteiger partial charge in [0.25, 0.3) is 0 Å². The van der Waals surface area contributed by atoms with E-state index in [1.807, 2.05) is 6.07 Å². The van der Waals surface area contributed by atoms with E-state index in [1.54, 1.807) is 0 Å². The molecule has 31 heavy (non-hydrogen) atoms. The Bertz CT molecular complexity index is 773. The van der Waals surface area contributed by atoms with Crippen molar-refractivity contribution in [3.8, 4) is 0 Å². The third kappa shape index (κ3) is 10.3. The summed E-state index contributed by atoms with van der Waals surface area (Å²) in [6.07, 6.45) is 9.92. The monoisotopic (exact) mass is 414 g/mol. The van der Waals surface area contributed by atoms with Crippen molar-refractivity contribution in [1.29, 1.82) is 0 Å². The maximum absolute atomic E-state index is 5.44. The van der Waals surface area contributed by atoms with Gasteiger partial charge in [-0.2, -0.15) is 0 Å². The largest absolute Gasteiger partial charge is 0.381 e. The molecule has 0 amide bonds. The Morgan fingerprint density at radius 1 is 0.581 bits per heavy atom. The predicted octanol–water partition coefficient (Wildman–Crippen LogP) is 8.66. The lowest BCUT2D eigenvalue weighted by atomic mass is 9.96. The van der Waals surface area contributed by atoms with Crippen LogP contribution in [-0.2, 0) is 4.74 Å². The molecule has 0 aromatic heterocycles. The van der Waals surface area contributed by atoms with Gasteiger partial charge >= 0.3 is 0 Å². The Balaban J connectivity index is 0.000000267. The van der Waals surface area contributed by atoms with Crippen LogP contribution in [0.3, 0.4) is 0 Å². The Morgan fingerprint density at radius 3 is 1.42 bits per heavy atom. The van der Waals surface area contributed by atoms with Crippen LogP contribution in [0.25, 0.3) is 11.6 Å². The molecule has 0 unspecified atom stereocenters. The van der Waals surface area contributed by atoms with Gasteiger partial charge in [-0.05, 0) is 41.2 Å². The van der Waals surface area contributed by atoms with Crippen molar-refractivity contribution in [2.24, 2.45) is 0 Å². The summed E-state index contributed by atoms with van der Waals surface area (Å²) in [5.74, 6) is 0. The molecule has 0 spiro atoms. The summed E-state index contributed by atoms with van der Waals surface area (Å²) in [6, 6.07) is 31.5. The van der Waals surface area contributed by atoms with Crippen molar-refractivity contribution < 1.29 is 4.74 Å². The van der Waals surface area contributed by atoms with Gasteiger partial charge in [-0.25, -0.2) is 0 Å². The first-order valence-corrected chi connectivity index (χ1v) is 11.8. The fourth-order valence-electron chi connectivity index (χ4n) is 3.29. The van der Waals surface area contributed by atoms with Gasteiger partial charge in [0.1, 0.15) is 0 Å². The summed E-state index contributed by atoms with van der Waals surface area (Å²) in [5, 5.41) is 0. The minimum atomic E-state index is 0.970. The molecule has 0 saturated heterocycles. The summed E-state index contributed by atoms with van der Waals surface area (Å²) >= 11 is 0. The molecule has 0 bridgehead atoms. The zero-order valence-electron chi connectivity index (χ0n) is 19.3. The molecule has 0 aliphatic rings. The van der Waals surface area contributed by atoms with Gasteiger partial charge in [-0.3, -0.25) is 0 Å². The Morgan fingerprint density at radius 2 is 1.00 bits per heavy atom. The lowest BCUT2D eigenvalue weighted by Crippen LogP contribution is -1.96. The molecule has 0 atom stereocenters. The van der Waals surface area contributed by atoms with Gasteiger partial charge < -0.3 is 4.74 Å². The molecule has 1 nitrogen and oxygen atoms in total. The molecule has 0 N–H and O–H groups in total. The zero-order chi connectivity index (χ0) is 22.0. The van der Waals surface area contributed by atoms with Gasteiger partial charge in [-0.15, -0.1) is 0 Å². The molecule has 0 fully saturated rings. The standard InChI is InChI=1S/C20H16.C10H22O/c1-4-10-17(11-5-1)16-20(18-12-6-2-7-13-18)19-14-8-3-9-15-19;1-3-5-7-9-11-10-8-6-4-2/h1-16H;3-10H2,1-2H3. The number of rotatable bonds is 11. The summed E-state index contributed by atoms with van der Waals surface area (Å²) in [7, 11) is 0. The first-order valence-electron chi connectivity index (χ1n) is 11.8. The zero-order valence-corrected chi connectivity index (χ0v) is 19.3. The fraction of sp³-hybridized carbons (Fsp3) is 0.333. The van der Waals surface area contributed by atoms with E-state index < -0.39 is 0 Å². The van der Waals surface area contributed by atoms with E-state index in [2.05, 4.69) is 105 Å². The van der Waals surface area contributed by atoms with Crippen molar-refractivity contribution in [2.75, 3.05) is 13.2 Å². The molecule has 0 heterocycles. The topological polar surface area (TPSA) is 9.23 Å². The Kier molecular flexibility index (Phi) is 12.8. The summed E-state index contributed by atoms with van der Waals surface area (Å²) in [6.45, 7) is 6.38. The van der Waals surface area contributed by atoms with E-state index in [4.69, 9.17) is 4.74 Å². The number of ether oxygens (including phenoxy) is 1. The third-order valence-corrected chi connectivity index (χ3v) is 5.06. The molecule has 3 aromatic rings. The number of hydrogen-bond acceptors (Lipinski definition) is 1. The lowest BCUT2D eigenvalue weighted by Gasteiger charge is -2.08. The van der Waals surface area contributed by atoms with Gasteiger partial charge in [0.15, 0.2) is 0 Å². The molecular formula is C30H38O. The van der Waals surface area contributed by atoms with Crippen LogP contribution in [0.15, 0.2) is 91.0 Å². The van der Waals surface area contributed by atoms with Crippen molar-refractivity contribution in [2.45, 2.75) is 52.4 Å². The average Bonchev–Trinajstić information content (AvgIpc) is 2.84. The van der Waals surface area contributed by atoms with Gasteiger partial charge in [-0.1, -0.05) is 131 Å². The van der Waals surface area contributed by atoms with Gasteiger partial charge in [0.2, 0.25) is 0 Å². The predicted molar refractivity (Wildman–Crippen MR) is 136 cm³/mol. The fourth-order valence-corrected chi connectivity index (χ4v) is 3.29. The van der Waals surface area contributed by atoms with E-state index in [-0.39, 0.29) is 0 Å². The molecular weight excluding hydrogens is 376 g/mol. The Labute approximate surface area is 189 Å². The Hall–Kier alpha value is -2.64. The third-order valence-electron chi connectivity index (χ3n) is 5.06. The number of benzene rings is 3. The second kappa shape index (κ2) is 16.1. The van der Waals surface area contributed by atoms with Crippen LogP contribution in [0.1, 0.15) is 69.1 Å². The summed E-state index contributed by atoms with van der Waals surface area (Å²) < 4.78 is 5.44. The quantitative estimate of drug-likeness (QED) is 0.225. The highest BCUT2D eigenvalue weighted by Crippen LogP contribution is 2.25. The highest BCUT2D eigenvalue weighted by Gasteiger charge is 2.04.